The Morgan fingerprint density at radius 3 is 2.77 bits per heavy atom. The Bertz CT molecular complexity index is 646. The van der Waals surface area contributed by atoms with E-state index in [-0.39, 0.29) is 18.5 Å². The maximum absolute atomic E-state index is 13.3. The zero-order chi connectivity index (χ0) is 15.5. The first kappa shape index (κ1) is 15.2. The molecule has 4 heteroatoms. The third-order valence-corrected chi connectivity index (χ3v) is 4.34. The van der Waals surface area contributed by atoms with Gasteiger partial charge in [-0.05, 0) is 35.2 Å². The summed E-state index contributed by atoms with van der Waals surface area (Å²) in [5.41, 5.74) is 2.93. The number of halogens is 1. The van der Waals surface area contributed by atoms with Crippen molar-refractivity contribution in [3.63, 3.8) is 0 Å². The molecule has 22 heavy (non-hydrogen) atoms. The van der Waals surface area contributed by atoms with Crippen LogP contribution in [-0.2, 0) is 6.42 Å². The van der Waals surface area contributed by atoms with Gasteiger partial charge in [0, 0.05) is 13.1 Å². The average molecular weight is 301 g/mol. The van der Waals surface area contributed by atoms with Crippen LogP contribution in [0.2, 0.25) is 0 Å². The van der Waals surface area contributed by atoms with Crippen LogP contribution in [0, 0.1) is 5.82 Å². The quantitative estimate of drug-likeness (QED) is 0.911. The van der Waals surface area contributed by atoms with Gasteiger partial charge in [0.05, 0.1) is 18.8 Å². The topological polar surface area (TPSA) is 43.7 Å². The molecule has 0 aliphatic carbocycles. The van der Waals surface area contributed by atoms with Crippen molar-refractivity contribution in [3.05, 3.63) is 71.0 Å². The molecule has 0 spiro atoms. The Morgan fingerprint density at radius 1 is 1.18 bits per heavy atom. The van der Waals surface area contributed by atoms with Gasteiger partial charge in [-0.2, -0.15) is 0 Å². The highest BCUT2D eigenvalue weighted by Gasteiger charge is 2.28. The average Bonchev–Trinajstić information content (AvgIpc) is 2.54. The summed E-state index contributed by atoms with van der Waals surface area (Å²) < 4.78 is 13.3. The minimum absolute atomic E-state index is 0.00683. The molecule has 2 aromatic carbocycles. The van der Waals surface area contributed by atoms with Gasteiger partial charge < -0.3 is 10.2 Å². The van der Waals surface area contributed by atoms with Gasteiger partial charge in [0.2, 0.25) is 0 Å². The molecule has 1 heterocycles. The van der Waals surface area contributed by atoms with Crippen LogP contribution in [-0.4, -0.2) is 34.8 Å². The molecule has 2 N–H and O–H groups in total. The van der Waals surface area contributed by atoms with Crippen LogP contribution in [0.1, 0.15) is 28.8 Å². The first-order valence-electron chi connectivity index (χ1n) is 7.55. The van der Waals surface area contributed by atoms with E-state index < -0.39 is 6.10 Å². The van der Waals surface area contributed by atoms with Crippen molar-refractivity contribution >= 4 is 0 Å². The summed E-state index contributed by atoms with van der Waals surface area (Å²) in [4.78, 5) is 2.07. The van der Waals surface area contributed by atoms with Crippen LogP contribution < -0.4 is 0 Å². The number of β-amino-alcohol motifs (C(OH)–C–C–N with tert-alkyl or cyclic N) is 1. The standard InChI is InChI=1S/C18H20FNO2/c19-15-6-3-5-14(10-15)18(22)11-20-9-8-13-4-1-2-7-16(13)17(20)12-21/h1-7,10,17-18,21-22H,8-9,11-12H2. The predicted molar refractivity (Wildman–Crippen MR) is 82.9 cm³/mol. The summed E-state index contributed by atoms with van der Waals surface area (Å²) in [6, 6.07) is 14.0. The molecule has 0 radical (unpaired) electrons. The lowest BCUT2D eigenvalue weighted by Crippen LogP contribution is -2.39. The number of fused-ring (bicyclic) bond motifs is 1. The van der Waals surface area contributed by atoms with Gasteiger partial charge in [-0.25, -0.2) is 4.39 Å². The van der Waals surface area contributed by atoms with Crippen LogP contribution >= 0.6 is 0 Å². The smallest absolute Gasteiger partial charge is 0.123 e. The second-order valence-electron chi connectivity index (χ2n) is 5.71. The number of benzene rings is 2. The van der Waals surface area contributed by atoms with E-state index in [0.29, 0.717) is 12.1 Å². The zero-order valence-electron chi connectivity index (χ0n) is 12.3. The summed E-state index contributed by atoms with van der Waals surface area (Å²) >= 11 is 0. The van der Waals surface area contributed by atoms with Gasteiger partial charge in [0.25, 0.3) is 0 Å². The van der Waals surface area contributed by atoms with E-state index in [0.717, 1.165) is 18.5 Å². The number of nitrogens with zero attached hydrogens (tertiary/aromatic N) is 1. The molecule has 2 unspecified atom stereocenters. The number of hydrogen-bond acceptors (Lipinski definition) is 3. The van der Waals surface area contributed by atoms with E-state index in [1.54, 1.807) is 12.1 Å². The summed E-state index contributed by atoms with van der Waals surface area (Å²) in [6.07, 6.45) is 0.123. The monoisotopic (exact) mass is 301 g/mol. The Balaban J connectivity index is 1.78. The van der Waals surface area contributed by atoms with Crippen molar-refractivity contribution in [2.45, 2.75) is 18.6 Å². The molecule has 1 aliphatic heterocycles. The fraction of sp³-hybridized carbons (Fsp3) is 0.333. The lowest BCUT2D eigenvalue weighted by Gasteiger charge is -2.37. The molecule has 1 aliphatic rings. The van der Waals surface area contributed by atoms with Crippen molar-refractivity contribution in [2.75, 3.05) is 19.7 Å². The number of hydrogen-bond donors (Lipinski definition) is 2. The van der Waals surface area contributed by atoms with Crippen LogP contribution in [0.15, 0.2) is 48.5 Å². The highest BCUT2D eigenvalue weighted by molar-refractivity contribution is 5.32. The molecule has 2 aromatic rings. The van der Waals surface area contributed by atoms with Gasteiger partial charge >= 0.3 is 0 Å². The van der Waals surface area contributed by atoms with Gasteiger partial charge in [0.15, 0.2) is 0 Å². The lowest BCUT2D eigenvalue weighted by molar-refractivity contribution is 0.0560. The first-order valence-corrected chi connectivity index (χ1v) is 7.55. The molecule has 0 bridgehead atoms. The fourth-order valence-corrected chi connectivity index (χ4v) is 3.18. The van der Waals surface area contributed by atoms with E-state index in [1.807, 2.05) is 18.2 Å². The third-order valence-electron chi connectivity index (χ3n) is 4.34. The van der Waals surface area contributed by atoms with Crippen molar-refractivity contribution in [1.29, 1.82) is 0 Å². The SMILES string of the molecule is OCC1c2ccccc2CCN1CC(O)c1cccc(F)c1. The largest absolute Gasteiger partial charge is 0.394 e. The molecule has 0 amide bonds. The van der Waals surface area contributed by atoms with Crippen LogP contribution in [0.25, 0.3) is 0 Å². The highest BCUT2D eigenvalue weighted by Crippen LogP contribution is 2.30. The molecule has 0 saturated carbocycles. The predicted octanol–water partition coefficient (Wildman–Crippen LogP) is 2.45. The molecule has 3 nitrogen and oxygen atoms in total. The minimum atomic E-state index is -0.769. The molecular formula is C18H20FNO2. The Labute approximate surface area is 129 Å². The summed E-state index contributed by atoms with van der Waals surface area (Å²) in [5, 5.41) is 20.1. The van der Waals surface area contributed by atoms with Crippen molar-refractivity contribution < 1.29 is 14.6 Å². The second kappa shape index (κ2) is 6.57. The first-order chi connectivity index (χ1) is 10.7. The third kappa shape index (κ3) is 3.04. The van der Waals surface area contributed by atoms with Crippen LogP contribution in [0.3, 0.4) is 0 Å². The van der Waals surface area contributed by atoms with Gasteiger partial charge in [0.1, 0.15) is 5.82 Å². The molecule has 3 rings (SSSR count). The second-order valence-corrected chi connectivity index (χ2v) is 5.71. The summed E-state index contributed by atoms with van der Waals surface area (Å²) in [5.74, 6) is -0.348. The number of aliphatic hydroxyl groups excluding tert-OH is 2. The van der Waals surface area contributed by atoms with Crippen molar-refractivity contribution in [3.8, 4) is 0 Å². The van der Waals surface area contributed by atoms with E-state index in [4.69, 9.17) is 0 Å². The zero-order valence-corrected chi connectivity index (χ0v) is 12.3. The van der Waals surface area contributed by atoms with Crippen molar-refractivity contribution in [1.82, 2.24) is 4.90 Å². The normalized spacial score (nSPS) is 19.7. The van der Waals surface area contributed by atoms with Gasteiger partial charge in [-0.3, -0.25) is 4.90 Å². The van der Waals surface area contributed by atoms with E-state index in [1.165, 1.54) is 17.7 Å². The number of aliphatic hydroxyl groups is 2. The lowest BCUT2D eigenvalue weighted by atomic mass is 9.92. The van der Waals surface area contributed by atoms with Crippen LogP contribution in [0.5, 0.6) is 0 Å². The van der Waals surface area contributed by atoms with Gasteiger partial charge in [-0.15, -0.1) is 0 Å². The maximum atomic E-state index is 13.3. The highest BCUT2D eigenvalue weighted by atomic mass is 19.1. The van der Waals surface area contributed by atoms with Gasteiger partial charge in [-0.1, -0.05) is 36.4 Å². The fourth-order valence-electron chi connectivity index (χ4n) is 3.18. The van der Waals surface area contributed by atoms with E-state index >= 15 is 0 Å². The molecule has 0 saturated heterocycles. The molecule has 0 fully saturated rings. The van der Waals surface area contributed by atoms with Crippen LogP contribution in [0.4, 0.5) is 4.39 Å². The van der Waals surface area contributed by atoms with E-state index in [9.17, 15) is 14.6 Å². The number of rotatable bonds is 4. The molecular weight excluding hydrogens is 281 g/mol. The summed E-state index contributed by atoms with van der Waals surface area (Å²) in [7, 11) is 0. The maximum Gasteiger partial charge on any atom is 0.123 e. The summed E-state index contributed by atoms with van der Waals surface area (Å²) in [6.45, 7) is 1.16. The Kier molecular flexibility index (Phi) is 4.52. The Morgan fingerprint density at radius 2 is 2.00 bits per heavy atom. The molecule has 0 aromatic heterocycles. The van der Waals surface area contributed by atoms with Crippen molar-refractivity contribution in [2.24, 2.45) is 0 Å². The Hall–Kier alpha value is -1.75. The van der Waals surface area contributed by atoms with E-state index in [2.05, 4.69) is 11.0 Å². The molecule has 116 valence electrons. The minimum Gasteiger partial charge on any atom is -0.394 e. The molecule has 2 atom stereocenters.